The number of cyclic esters (lactones) is 1. The molecule has 0 bridgehead atoms. The molecular formula is C19H28N2O4. The second-order valence-electron chi connectivity index (χ2n) is 7.29. The fourth-order valence-corrected chi connectivity index (χ4v) is 3.94. The molecule has 2 aliphatic heterocycles. The number of piperidine rings is 1. The van der Waals surface area contributed by atoms with Crippen LogP contribution in [0.4, 0.5) is 4.79 Å². The van der Waals surface area contributed by atoms with Gasteiger partial charge in [-0.3, -0.25) is 9.69 Å². The van der Waals surface area contributed by atoms with Gasteiger partial charge >= 0.3 is 6.09 Å². The third-order valence-corrected chi connectivity index (χ3v) is 5.66. The molecule has 0 saturated carbocycles. The van der Waals surface area contributed by atoms with E-state index in [1.54, 1.807) is 6.07 Å². The quantitative estimate of drug-likeness (QED) is 0.837. The van der Waals surface area contributed by atoms with Crippen LogP contribution in [0.1, 0.15) is 55.0 Å². The van der Waals surface area contributed by atoms with Gasteiger partial charge in [0, 0.05) is 19.1 Å². The highest BCUT2D eigenvalue weighted by molar-refractivity contribution is 5.95. The Bertz CT molecular complexity index is 646. The molecule has 6 heteroatoms. The van der Waals surface area contributed by atoms with Gasteiger partial charge < -0.3 is 14.1 Å². The molecule has 1 aromatic heterocycles. The van der Waals surface area contributed by atoms with Crippen LogP contribution in [0.5, 0.6) is 0 Å². The molecule has 1 aromatic rings. The van der Waals surface area contributed by atoms with Crippen LogP contribution in [0.25, 0.3) is 0 Å². The van der Waals surface area contributed by atoms with Crippen LogP contribution >= 0.6 is 0 Å². The number of carbonyl (C=O) groups excluding carboxylic acids is 2. The van der Waals surface area contributed by atoms with Crippen LogP contribution in [0.3, 0.4) is 0 Å². The number of carbonyl (C=O) groups is 2. The van der Waals surface area contributed by atoms with E-state index in [0.29, 0.717) is 36.9 Å². The number of nitrogens with zero attached hydrogens (tertiary/aromatic N) is 2. The lowest BCUT2D eigenvalue weighted by Crippen LogP contribution is -2.51. The third-order valence-electron chi connectivity index (χ3n) is 5.66. The Morgan fingerprint density at radius 3 is 2.56 bits per heavy atom. The van der Waals surface area contributed by atoms with Crippen LogP contribution in [-0.4, -0.2) is 53.6 Å². The molecule has 0 aliphatic carbocycles. The molecule has 0 N–H and O–H groups in total. The molecular weight excluding hydrogens is 320 g/mol. The first-order valence-corrected chi connectivity index (χ1v) is 9.23. The summed E-state index contributed by atoms with van der Waals surface area (Å²) < 4.78 is 10.8. The zero-order valence-corrected chi connectivity index (χ0v) is 15.6. The Balaban J connectivity index is 1.64. The highest BCUT2D eigenvalue weighted by Gasteiger charge is 2.41. The summed E-state index contributed by atoms with van der Waals surface area (Å²) >= 11 is 0. The van der Waals surface area contributed by atoms with Gasteiger partial charge in [0.15, 0.2) is 0 Å². The van der Waals surface area contributed by atoms with E-state index in [4.69, 9.17) is 9.15 Å². The molecule has 6 nitrogen and oxygen atoms in total. The molecule has 2 atom stereocenters. The summed E-state index contributed by atoms with van der Waals surface area (Å²) in [6, 6.07) is 2.12. The van der Waals surface area contributed by atoms with Crippen molar-refractivity contribution in [1.82, 2.24) is 9.80 Å². The number of aryl methyl sites for hydroxylation is 2. The smallest absolute Gasteiger partial charge is 0.410 e. The molecule has 0 unspecified atom stereocenters. The molecule has 2 aliphatic rings. The summed E-state index contributed by atoms with van der Waals surface area (Å²) in [7, 11) is 0. The van der Waals surface area contributed by atoms with Gasteiger partial charge in [-0.2, -0.15) is 0 Å². The third kappa shape index (κ3) is 3.39. The van der Waals surface area contributed by atoms with Crippen molar-refractivity contribution >= 4 is 12.0 Å². The van der Waals surface area contributed by atoms with Crippen LogP contribution in [-0.2, 0) is 4.74 Å². The number of hydrogen-bond donors (Lipinski definition) is 0. The predicted molar refractivity (Wildman–Crippen MR) is 93.5 cm³/mol. The van der Waals surface area contributed by atoms with Crippen molar-refractivity contribution in [3.63, 3.8) is 0 Å². The molecule has 138 valence electrons. The number of furan rings is 1. The molecule has 25 heavy (non-hydrogen) atoms. The van der Waals surface area contributed by atoms with Gasteiger partial charge in [-0.25, -0.2) is 4.79 Å². The van der Waals surface area contributed by atoms with E-state index in [2.05, 4.69) is 13.8 Å². The summed E-state index contributed by atoms with van der Waals surface area (Å²) in [5, 5.41) is 0. The van der Waals surface area contributed by atoms with Gasteiger partial charge in [0.1, 0.15) is 18.1 Å². The van der Waals surface area contributed by atoms with E-state index in [1.165, 1.54) is 0 Å². The van der Waals surface area contributed by atoms with Gasteiger partial charge in [0.05, 0.1) is 11.6 Å². The van der Waals surface area contributed by atoms with Crippen molar-refractivity contribution in [3.05, 3.63) is 23.2 Å². The molecule has 2 fully saturated rings. The topological polar surface area (TPSA) is 63.0 Å². The first kappa shape index (κ1) is 17.8. The fourth-order valence-electron chi connectivity index (χ4n) is 3.94. The maximum Gasteiger partial charge on any atom is 0.410 e. The standard InChI is InChI=1S/C19H28N2O4/c1-5-12(2)17-11-24-19(23)21(17)15-6-8-20(9-7-15)18(22)16-10-13(3)25-14(16)4/h10,12,15,17H,5-9,11H2,1-4H3/t12-,17-/m0/s1. The summed E-state index contributed by atoms with van der Waals surface area (Å²) in [5.41, 5.74) is 0.647. The van der Waals surface area contributed by atoms with Crippen LogP contribution < -0.4 is 0 Å². The minimum atomic E-state index is -0.198. The summed E-state index contributed by atoms with van der Waals surface area (Å²) in [5.74, 6) is 1.87. The average Bonchev–Trinajstić information content (AvgIpc) is 3.15. The van der Waals surface area contributed by atoms with Crippen LogP contribution in [0.15, 0.2) is 10.5 Å². The van der Waals surface area contributed by atoms with Gasteiger partial charge in [-0.15, -0.1) is 0 Å². The fraction of sp³-hybridized carbons (Fsp3) is 0.684. The van der Waals surface area contributed by atoms with Gasteiger partial charge in [0.2, 0.25) is 0 Å². The van der Waals surface area contributed by atoms with E-state index in [1.807, 2.05) is 23.6 Å². The van der Waals surface area contributed by atoms with Crippen molar-refractivity contribution in [2.75, 3.05) is 19.7 Å². The number of ether oxygens (including phenoxy) is 1. The molecule has 0 spiro atoms. The Morgan fingerprint density at radius 2 is 2.00 bits per heavy atom. The molecule has 2 amide bonds. The molecule has 3 rings (SSSR count). The lowest BCUT2D eigenvalue weighted by Gasteiger charge is -2.39. The Labute approximate surface area is 149 Å². The molecule has 0 radical (unpaired) electrons. The van der Waals surface area contributed by atoms with Gasteiger partial charge in [0.25, 0.3) is 5.91 Å². The largest absolute Gasteiger partial charge is 0.466 e. The Kier molecular flexibility index (Phi) is 5.06. The highest BCUT2D eigenvalue weighted by atomic mass is 16.6. The zero-order chi connectivity index (χ0) is 18.1. The number of amides is 2. The highest BCUT2D eigenvalue weighted by Crippen LogP contribution is 2.29. The van der Waals surface area contributed by atoms with Crippen molar-refractivity contribution in [3.8, 4) is 0 Å². The van der Waals surface area contributed by atoms with E-state index in [-0.39, 0.29) is 24.1 Å². The molecule has 3 heterocycles. The maximum absolute atomic E-state index is 12.7. The van der Waals surface area contributed by atoms with E-state index >= 15 is 0 Å². The minimum Gasteiger partial charge on any atom is -0.466 e. The normalized spacial score (nSPS) is 23.0. The lowest BCUT2D eigenvalue weighted by atomic mass is 9.95. The van der Waals surface area contributed by atoms with Gasteiger partial charge in [-0.05, 0) is 38.7 Å². The average molecular weight is 348 g/mol. The predicted octanol–water partition coefficient (Wildman–Crippen LogP) is 3.37. The lowest BCUT2D eigenvalue weighted by molar-refractivity contribution is 0.0613. The monoisotopic (exact) mass is 348 g/mol. The van der Waals surface area contributed by atoms with E-state index < -0.39 is 0 Å². The molecule has 0 aromatic carbocycles. The summed E-state index contributed by atoms with van der Waals surface area (Å²) in [4.78, 5) is 28.7. The second-order valence-corrected chi connectivity index (χ2v) is 7.29. The SMILES string of the molecule is CC[C@H](C)[C@@H]1COC(=O)N1C1CCN(C(=O)c2cc(C)oc2C)CC1. The van der Waals surface area contributed by atoms with E-state index in [9.17, 15) is 9.59 Å². The number of rotatable bonds is 4. The van der Waals surface area contributed by atoms with Crippen molar-refractivity contribution < 1.29 is 18.7 Å². The Hall–Kier alpha value is -1.98. The van der Waals surface area contributed by atoms with Crippen molar-refractivity contribution in [1.29, 1.82) is 0 Å². The second kappa shape index (κ2) is 7.10. The van der Waals surface area contributed by atoms with Gasteiger partial charge in [-0.1, -0.05) is 20.3 Å². The molecule has 2 saturated heterocycles. The van der Waals surface area contributed by atoms with Crippen LogP contribution in [0, 0.1) is 19.8 Å². The summed E-state index contributed by atoms with van der Waals surface area (Å²) in [6.07, 6.45) is 2.41. The Morgan fingerprint density at radius 1 is 1.32 bits per heavy atom. The van der Waals surface area contributed by atoms with Crippen molar-refractivity contribution in [2.45, 2.75) is 59.0 Å². The first-order valence-electron chi connectivity index (χ1n) is 9.23. The van der Waals surface area contributed by atoms with Crippen molar-refractivity contribution in [2.24, 2.45) is 5.92 Å². The maximum atomic E-state index is 12.7. The minimum absolute atomic E-state index is 0.0234. The zero-order valence-electron chi connectivity index (χ0n) is 15.6. The number of likely N-dealkylation sites (tertiary alicyclic amines) is 1. The van der Waals surface area contributed by atoms with E-state index in [0.717, 1.165) is 25.0 Å². The number of hydrogen-bond acceptors (Lipinski definition) is 4. The first-order chi connectivity index (χ1) is 11.9. The van der Waals surface area contributed by atoms with Crippen LogP contribution in [0.2, 0.25) is 0 Å². The summed E-state index contributed by atoms with van der Waals surface area (Å²) in [6.45, 7) is 9.78.